The summed E-state index contributed by atoms with van der Waals surface area (Å²) in [5.74, 6) is 0.171. The molecule has 0 bridgehead atoms. The summed E-state index contributed by atoms with van der Waals surface area (Å²) in [4.78, 5) is 19.1. The molecule has 0 aliphatic heterocycles. The summed E-state index contributed by atoms with van der Waals surface area (Å²) in [6, 6.07) is -0.201. The molecule has 1 aliphatic carbocycles. The van der Waals surface area contributed by atoms with Crippen molar-refractivity contribution in [3.05, 3.63) is 41.2 Å². The normalized spacial score (nSPS) is 25.1. The number of amides is 1. The van der Waals surface area contributed by atoms with E-state index in [1.807, 2.05) is 10.8 Å². The van der Waals surface area contributed by atoms with Gasteiger partial charge >= 0.3 is 0 Å². The highest BCUT2D eigenvalue weighted by Gasteiger charge is 2.34. The number of H-pyrrole nitrogens is 1. The fraction of sp³-hybridized carbons (Fsp3) is 0.429. The van der Waals surface area contributed by atoms with Crippen molar-refractivity contribution in [2.24, 2.45) is 5.92 Å². The summed E-state index contributed by atoms with van der Waals surface area (Å²) in [5, 5.41) is 13.1. The van der Waals surface area contributed by atoms with E-state index in [1.54, 1.807) is 24.9 Å². The number of nitrogens with one attached hydrogen (secondary N) is 2. The summed E-state index contributed by atoms with van der Waals surface area (Å²) in [6.45, 7) is 0.817. The van der Waals surface area contributed by atoms with Crippen LogP contribution < -0.4 is 5.32 Å². The monoisotopic (exact) mass is 352 g/mol. The first-order valence-corrected chi connectivity index (χ1v) is 7.69. The second-order valence-corrected chi connectivity index (χ2v) is 6.32. The van der Waals surface area contributed by atoms with Gasteiger partial charge in [0.2, 0.25) is 0 Å². The fourth-order valence-electron chi connectivity index (χ4n) is 2.88. The van der Waals surface area contributed by atoms with Crippen LogP contribution in [0.1, 0.15) is 23.2 Å². The first-order valence-electron chi connectivity index (χ1n) is 6.90. The van der Waals surface area contributed by atoms with Gasteiger partial charge in [0.05, 0.1) is 24.0 Å². The molecule has 2 aromatic rings. The van der Waals surface area contributed by atoms with E-state index in [2.05, 4.69) is 31.2 Å². The van der Waals surface area contributed by atoms with E-state index in [1.165, 1.54) is 0 Å². The van der Waals surface area contributed by atoms with Gasteiger partial charge in [0.25, 0.3) is 5.91 Å². The number of aromatic nitrogens is 3. The number of rotatable bonds is 4. The molecule has 0 radical (unpaired) electrons. The molecular weight excluding hydrogens is 336 g/mol. The van der Waals surface area contributed by atoms with E-state index in [0.29, 0.717) is 17.9 Å². The Bertz CT molecular complexity index is 610. The van der Waals surface area contributed by atoms with Gasteiger partial charge in [-0.2, -0.15) is 0 Å². The van der Waals surface area contributed by atoms with Crippen LogP contribution in [0.25, 0.3) is 0 Å². The van der Waals surface area contributed by atoms with Crippen molar-refractivity contribution in [2.45, 2.75) is 31.5 Å². The largest absolute Gasteiger partial charge is 0.391 e. The molecule has 112 valence electrons. The molecule has 1 aliphatic rings. The molecule has 2 heterocycles. The molecule has 3 rings (SSSR count). The van der Waals surface area contributed by atoms with Gasteiger partial charge < -0.3 is 20.0 Å². The number of hydrogen-bond acceptors (Lipinski definition) is 3. The van der Waals surface area contributed by atoms with Gasteiger partial charge in [0.1, 0.15) is 0 Å². The van der Waals surface area contributed by atoms with Gasteiger partial charge in [0, 0.05) is 35.8 Å². The Morgan fingerprint density at radius 1 is 1.52 bits per heavy atom. The third-order valence-corrected chi connectivity index (χ3v) is 4.57. The molecule has 2 aromatic heterocycles. The van der Waals surface area contributed by atoms with E-state index < -0.39 is 6.10 Å². The maximum atomic E-state index is 12.2. The molecule has 0 spiro atoms. The molecule has 0 saturated heterocycles. The zero-order valence-corrected chi connectivity index (χ0v) is 13.0. The number of halogens is 1. The van der Waals surface area contributed by atoms with Gasteiger partial charge in [-0.25, -0.2) is 4.98 Å². The Hall–Kier alpha value is -1.60. The quantitative estimate of drug-likeness (QED) is 0.780. The molecule has 1 fully saturated rings. The van der Waals surface area contributed by atoms with Gasteiger partial charge in [-0.1, -0.05) is 0 Å². The SMILES string of the molecule is O=C(N[C@@H]1CC(Cn2ccnc2)C[C@H]1O)c1c[nH]cc1Br. The van der Waals surface area contributed by atoms with Crippen molar-refractivity contribution in [2.75, 3.05) is 0 Å². The molecule has 3 N–H and O–H groups in total. The third kappa shape index (κ3) is 3.19. The predicted octanol–water partition coefficient (Wildman–Crippen LogP) is 1.54. The van der Waals surface area contributed by atoms with E-state index in [0.717, 1.165) is 17.4 Å². The summed E-state index contributed by atoms with van der Waals surface area (Å²) in [6.07, 6.45) is 9.74. The highest BCUT2D eigenvalue weighted by Crippen LogP contribution is 2.28. The number of carbonyl (C=O) groups excluding carboxylic acids is 1. The van der Waals surface area contributed by atoms with Crippen LogP contribution in [0.2, 0.25) is 0 Å². The van der Waals surface area contributed by atoms with Crippen LogP contribution in [0.3, 0.4) is 0 Å². The van der Waals surface area contributed by atoms with Crippen molar-refractivity contribution in [3.63, 3.8) is 0 Å². The van der Waals surface area contributed by atoms with Crippen LogP contribution in [0, 0.1) is 5.92 Å². The van der Waals surface area contributed by atoms with Crippen molar-refractivity contribution in [1.82, 2.24) is 19.9 Å². The van der Waals surface area contributed by atoms with Gasteiger partial charge in [0.15, 0.2) is 0 Å². The molecule has 0 aromatic carbocycles. The molecule has 3 atom stereocenters. The van der Waals surface area contributed by atoms with Gasteiger partial charge in [-0.05, 0) is 34.7 Å². The predicted molar refractivity (Wildman–Crippen MR) is 80.7 cm³/mol. The van der Waals surface area contributed by atoms with Crippen LogP contribution in [0.15, 0.2) is 35.6 Å². The molecule has 1 amide bonds. The average molecular weight is 353 g/mol. The lowest BCUT2D eigenvalue weighted by atomic mass is 10.1. The highest BCUT2D eigenvalue weighted by atomic mass is 79.9. The Labute approximate surface area is 130 Å². The Morgan fingerprint density at radius 3 is 3.05 bits per heavy atom. The first-order chi connectivity index (χ1) is 10.1. The van der Waals surface area contributed by atoms with E-state index in [4.69, 9.17) is 0 Å². The fourth-order valence-corrected chi connectivity index (χ4v) is 3.31. The molecule has 6 nitrogen and oxygen atoms in total. The number of hydrogen-bond donors (Lipinski definition) is 3. The van der Waals surface area contributed by atoms with Crippen molar-refractivity contribution in [1.29, 1.82) is 0 Å². The Morgan fingerprint density at radius 2 is 2.38 bits per heavy atom. The zero-order chi connectivity index (χ0) is 14.8. The van der Waals surface area contributed by atoms with Crippen molar-refractivity contribution in [3.8, 4) is 0 Å². The minimum absolute atomic E-state index is 0.171. The van der Waals surface area contributed by atoms with Crippen molar-refractivity contribution < 1.29 is 9.90 Å². The van der Waals surface area contributed by atoms with Crippen LogP contribution in [-0.2, 0) is 6.54 Å². The molecular formula is C14H17BrN4O2. The summed E-state index contributed by atoms with van der Waals surface area (Å²) < 4.78 is 2.73. The summed E-state index contributed by atoms with van der Waals surface area (Å²) in [7, 11) is 0. The molecule has 21 heavy (non-hydrogen) atoms. The van der Waals surface area contributed by atoms with Crippen LogP contribution in [0.4, 0.5) is 0 Å². The highest BCUT2D eigenvalue weighted by molar-refractivity contribution is 9.10. The maximum Gasteiger partial charge on any atom is 0.254 e. The molecule has 1 saturated carbocycles. The number of aliphatic hydroxyl groups is 1. The standard InChI is InChI=1S/C14H17BrN4O2/c15-11-6-17-5-10(11)14(21)18-12-3-9(4-13(12)20)7-19-2-1-16-8-19/h1-2,5-6,8-9,12-13,17,20H,3-4,7H2,(H,18,21)/t9?,12-,13-/m1/s1. The number of aliphatic hydroxyl groups excluding tert-OH is 1. The lowest BCUT2D eigenvalue weighted by Gasteiger charge is -2.16. The third-order valence-electron chi connectivity index (χ3n) is 3.91. The van der Waals surface area contributed by atoms with E-state index in [9.17, 15) is 9.90 Å². The van der Waals surface area contributed by atoms with Gasteiger partial charge in [-0.3, -0.25) is 4.79 Å². The molecule has 1 unspecified atom stereocenters. The number of carbonyl (C=O) groups is 1. The number of aromatic amines is 1. The summed E-state index contributed by atoms with van der Waals surface area (Å²) >= 11 is 3.32. The second kappa shape index (κ2) is 6.03. The van der Waals surface area contributed by atoms with Crippen LogP contribution in [-0.4, -0.2) is 37.7 Å². The second-order valence-electron chi connectivity index (χ2n) is 5.46. The first kappa shape index (κ1) is 14.3. The summed E-state index contributed by atoms with van der Waals surface area (Å²) in [5.41, 5.74) is 0.556. The smallest absolute Gasteiger partial charge is 0.254 e. The van der Waals surface area contributed by atoms with Crippen molar-refractivity contribution >= 4 is 21.8 Å². The average Bonchev–Trinajstić information content (AvgIpc) is 3.14. The lowest BCUT2D eigenvalue weighted by Crippen LogP contribution is -2.39. The van der Waals surface area contributed by atoms with Crippen LogP contribution in [0.5, 0.6) is 0 Å². The zero-order valence-electron chi connectivity index (χ0n) is 11.4. The number of nitrogens with zero attached hydrogens (tertiary/aromatic N) is 2. The Balaban J connectivity index is 1.59. The topological polar surface area (TPSA) is 82.9 Å². The lowest BCUT2D eigenvalue weighted by molar-refractivity contribution is 0.0872. The van der Waals surface area contributed by atoms with E-state index in [-0.39, 0.29) is 11.9 Å². The maximum absolute atomic E-state index is 12.2. The minimum Gasteiger partial charge on any atom is -0.391 e. The minimum atomic E-state index is -0.500. The van der Waals surface area contributed by atoms with Crippen LogP contribution >= 0.6 is 15.9 Å². The van der Waals surface area contributed by atoms with Gasteiger partial charge in [-0.15, -0.1) is 0 Å². The molecule has 7 heteroatoms. The van der Waals surface area contributed by atoms with E-state index >= 15 is 0 Å². The number of imidazole rings is 1. The Kier molecular flexibility index (Phi) is 4.12.